The SMILES string of the molecule is C=CCN(C(=O)C1N(CCCCCCO)C(=O)[C@@H]2[C@H](C(=O)OCC)[C@@H]3CCC12O3)C(C)(C)CC(C)(C)C. The zero-order chi connectivity index (χ0) is 27.6. The minimum atomic E-state index is -1.02. The van der Waals surface area contributed by atoms with E-state index >= 15 is 0 Å². The third kappa shape index (κ3) is 5.75. The lowest BCUT2D eigenvalue weighted by molar-refractivity contribution is -0.155. The van der Waals surface area contributed by atoms with E-state index in [0.717, 1.165) is 25.7 Å². The number of ether oxygens (including phenoxy) is 2. The number of nitrogens with zero attached hydrogens (tertiary/aromatic N) is 2. The van der Waals surface area contributed by atoms with Gasteiger partial charge in [-0.15, -0.1) is 6.58 Å². The summed E-state index contributed by atoms with van der Waals surface area (Å²) in [5.41, 5.74) is -1.51. The molecule has 0 aromatic carbocycles. The lowest BCUT2D eigenvalue weighted by Crippen LogP contribution is -2.61. The van der Waals surface area contributed by atoms with Gasteiger partial charge in [0.05, 0.1) is 24.5 Å². The van der Waals surface area contributed by atoms with Crippen LogP contribution in [0.25, 0.3) is 0 Å². The molecule has 210 valence electrons. The Morgan fingerprint density at radius 3 is 2.49 bits per heavy atom. The molecule has 37 heavy (non-hydrogen) atoms. The summed E-state index contributed by atoms with van der Waals surface area (Å²) >= 11 is 0. The zero-order valence-corrected chi connectivity index (χ0v) is 23.8. The number of hydrogen-bond acceptors (Lipinski definition) is 6. The highest BCUT2D eigenvalue weighted by molar-refractivity contribution is 5.98. The Balaban J connectivity index is 1.99. The third-order valence-corrected chi connectivity index (χ3v) is 8.17. The average Bonchev–Trinajstić information content (AvgIpc) is 3.43. The van der Waals surface area contributed by atoms with Crippen molar-refractivity contribution in [2.24, 2.45) is 17.3 Å². The molecule has 3 aliphatic rings. The van der Waals surface area contributed by atoms with Crippen LogP contribution in [0.1, 0.15) is 86.5 Å². The molecule has 0 aromatic heterocycles. The standard InChI is InChI=1S/C29H48N2O6/c1-8-16-31(28(6,7)19-27(3,4)5)25(34)23-29-15-14-20(37-29)21(26(35)36-9-2)22(29)24(33)30(23)17-12-10-11-13-18-32/h8,20-23,32H,1,9-19H2,2-7H3/t20-,21+,22-,23?,29?/m0/s1. The van der Waals surface area contributed by atoms with Gasteiger partial charge in [-0.2, -0.15) is 0 Å². The van der Waals surface area contributed by atoms with Crippen LogP contribution < -0.4 is 0 Å². The van der Waals surface area contributed by atoms with Crippen LogP contribution >= 0.6 is 0 Å². The average molecular weight is 521 g/mol. The lowest BCUT2D eigenvalue weighted by atomic mass is 9.70. The van der Waals surface area contributed by atoms with Gasteiger partial charge >= 0.3 is 5.97 Å². The number of esters is 1. The number of likely N-dealkylation sites (tertiary alicyclic amines) is 1. The molecule has 0 aromatic rings. The largest absolute Gasteiger partial charge is 0.466 e. The number of carbonyl (C=O) groups is 3. The minimum absolute atomic E-state index is 0.0147. The van der Waals surface area contributed by atoms with Gasteiger partial charge in [-0.1, -0.05) is 39.7 Å². The summed E-state index contributed by atoms with van der Waals surface area (Å²) in [4.78, 5) is 45.1. The van der Waals surface area contributed by atoms with Crippen LogP contribution in [-0.4, -0.2) is 82.3 Å². The van der Waals surface area contributed by atoms with Crippen molar-refractivity contribution < 1.29 is 29.0 Å². The molecule has 3 rings (SSSR count). The van der Waals surface area contributed by atoms with E-state index in [2.05, 4.69) is 41.2 Å². The predicted octanol–water partition coefficient (Wildman–Crippen LogP) is 3.71. The van der Waals surface area contributed by atoms with Gasteiger partial charge in [0, 0.05) is 25.2 Å². The Bertz CT molecular complexity index is 865. The van der Waals surface area contributed by atoms with Gasteiger partial charge in [-0.3, -0.25) is 14.4 Å². The number of rotatable bonds is 13. The van der Waals surface area contributed by atoms with Crippen molar-refractivity contribution in [3.05, 3.63) is 12.7 Å². The van der Waals surface area contributed by atoms with Gasteiger partial charge in [-0.05, 0) is 58.3 Å². The summed E-state index contributed by atoms with van der Waals surface area (Å²) in [5.74, 6) is -2.09. The monoisotopic (exact) mass is 520 g/mol. The first kappa shape index (κ1) is 29.6. The van der Waals surface area contributed by atoms with Gasteiger partial charge in [0.1, 0.15) is 11.6 Å². The van der Waals surface area contributed by atoms with Crippen molar-refractivity contribution in [2.45, 2.75) is 110 Å². The molecule has 0 aliphatic carbocycles. The highest BCUT2D eigenvalue weighted by atomic mass is 16.6. The molecule has 0 saturated carbocycles. The summed E-state index contributed by atoms with van der Waals surface area (Å²) < 4.78 is 11.9. The fraction of sp³-hybridized carbons (Fsp3) is 0.828. The molecule has 3 aliphatic heterocycles. The summed E-state index contributed by atoms with van der Waals surface area (Å²) in [7, 11) is 0. The number of unbranched alkanes of at least 4 members (excludes halogenated alkanes) is 3. The molecule has 2 amide bonds. The van der Waals surface area contributed by atoms with E-state index in [4.69, 9.17) is 14.6 Å². The first-order valence-electron chi connectivity index (χ1n) is 14.0. The van der Waals surface area contributed by atoms with Crippen molar-refractivity contribution in [1.29, 1.82) is 0 Å². The molecule has 5 atom stereocenters. The molecule has 1 spiro atoms. The van der Waals surface area contributed by atoms with E-state index in [-0.39, 0.29) is 30.4 Å². The van der Waals surface area contributed by atoms with Gasteiger partial charge in [0.25, 0.3) is 0 Å². The number of aliphatic hydroxyl groups is 1. The first-order chi connectivity index (χ1) is 17.3. The fourth-order valence-corrected chi connectivity index (χ4v) is 7.23. The normalized spacial score (nSPS) is 28.9. The van der Waals surface area contributed by atoms with Gasteiger partial charge in [0.2, 0.25) is 11.8 Å². The van der Waals surface area contributed by atoms with Crippen LogP contribution in [0, 0.1) is 17.3 Å². The van der Waals surface area contributed by atoms with Crippen molar-refractivity contribution in [3.63, 3.8) is 0 Å². The molecule has 8 heteroatoms. The number of aliphatic hydroxyl groups excluding tert-OH is 1. The molecular formula is C29H48N2O6. The van der Waals surface area contributed by atoms with E-state index in [1.165, 1.54) is 0 Å². The fourth-order valence-electron chi connectivity index (χ4n) is 7.23. The van der Waals surface area contributed by atoms with Crippen LogP contribution in [0.4, 0.5) is 0 Å². The van der Waals surface area contributed by atoms with Crippen LogP contribution in [0.3, 0.4) is 0 Å². The molecule has 1 N–H and O–H groups in total. The number of amides is 2. The highest BCUT2D eigenvalue weighted by Gasteiger charge is 2.75. The summed E-state index contributed by atoms with van der Waals surface area (Å²) in [6.07, 6.45) is 6.46. The molecular weight excluding hydrogens is 472 g/mol. The van der Waals surface area contributed by atoms with E-state index in [1.807, 2.05) is 4.90 Å². The maximum absolute atomic E-state index is 14.5. The molecule has 2 unspecified atom stereocenters. The van der Waals surface area contributed by atoms with Crippen LogP contribution in [-0.2, 0) is 23.9 Å². The summed E-state index contributed by atoms with van der Waals surface area (Å²) in [6.45, 7) is 17.4. The van der Waals surface area contributed by atoms with Crippen LogP contribution in [0.2, 0.25) is 0 Å². The van der Waals surface area contributed by atoms with E-state index in [1.54, 1.807) is 17.9 Å². The zero-order valence-electron chi connectivity index (χ0n) is 23.8. The Labute approximate surface area is 222 Å². The quantitative estimate of drug-likeness (QED) is 0.226. The maximum Gasteiger partial charge on any atom is 0.312 e. The molecule has 8 nitrogen and oxygen atoms in total. The Morgan fingerprint density at radius 2 is 1.89 bits per heavy atom. The molecule has 0 radical (unpaired) electrons. The highest BCUT2D eigenvalue weighted by Crippen LogP contribution is 2.59. The van der Waals surface area contributed by atoms with Crippen LogP contribution in [0.5, 0.6) is 0 Å². The van der Waals surface area contributed by atoms with Crippen molar-refractivity contribution in [3.8, 4) is 0 Å². The minimum Gasteiger partial charge on any atom is -0.466 e. The van der Waals surface area contributed by atoms with E-state index in [0.29, 0.717) is 32.4 Å². The Hall–Kier alpha value is -1.93. The van der Waals surface area contributed by atoms with Crippen molar-refractivity contribution >= 4 is 17.8 Å². The predicted molar refractivity (Wildman–Crippen MR) is 142 cm³/mol. The van der Waals surface area contributed by atoms with Gasteiger partial charge < -0.3 is 24.4 Å². The number of carbonyl (C=O) groups excluding carboxylic acids is 3. The van der Waals surface area contributed by atoms with Crippen molar-refractivity contribution in [2.75, 3.05) is 26.3 Å². The summed E-state index contributed by atoms with van der Waals surface area (Å²) in [6, 6.07) is -0.786. The van der Waals surface area contributed by atoms with Crippen LogP contribution in [0.15, 0.2) is 12.7 Å². The maximum atomic E-state index is 14.5. The number of hydrogen-bond donors (Lipinski definition) is 1. The molecule has 3 saturated heterocycles. The number of fused-ring (bicyclic) bond motifs is 1. The lowest BCUT2D eigenvalue weighted by Gasteiger charge is -2.45. The molecule has 2 bridgehead atoms. The molecule has 3 heterocycles. The second-order valence-corrected chi connectivity index (χ2v) is 12.8. The Morgan fingerprint density at radius 1 is 1.22 bits per heavy atom. The smallest absolute Gasteiger partial charge is 0.312 e. The van der Waals surface area contributed by atoms with Gasteiger partial charge in [-0.25, -0.2) is 0 Å². The topological polar surface area (TPSA) is 96.4 Å². The van der Waals surface area contributed by atoms with Gasteiger partial charge in [0.15, 0.2) is 0 Å². The molecule has 3 fully saturated rings. The van der Waals surface area contributed by atoms with E-state index in [9.17, 15) is 14.4 Å². The van der Waals surface area contributed by atoms with E-state index < -0.39 is 41.1 Å². The van der Waals surface area contributed by atoms with Crippen molar-refractivity contribution in [1.82, 2.24) is 9.80 Å². The first-order valence-corrected chi connectivity index (χ1v) is 14.0. The summed E-state index contributed by atoms with van der Waals surface area (Å²) in [5, 5.41) is 9.12. The second kappa shape index (κ2) is 11.4. The Kier molecular flexibility index (Phi) is 9.16. The third-order valence-electron chi connectivity index (χ3n) is 8.17. The second-order valence-electron chi connectivity index (χ2n) is 12.8.